The molecule has 1 heterocycles. The molecule has 0 spiro atoms. The first-order valence-corrected chi connectivity index (χ1v) is 11.8. The highest BCUT2D eigenvalue weighted by molar-refractivity contribution is 7.92. The van der Waals surface area contributed by atoms with Crippen LogP contribution in [0.4, 0.5) is 5.69 Å². The van der Waals surface area contributed by atoms with Gasteiger partial charge in [0, 0.05) is 26.2 Å². The summed E-state index contributed by atoms with van der Waals surface area (Å²) in [6.45, 7) is 6.18. The molecule has 162 valence electrons. The number of ether oxygens (including phenoxy) is 1. The normalized spacial score (nSPS) is 15.0. The lowest BCUT2D eigenvalue weighted by atomic mass is 10.1. The van der Waals surface area contributed by atoms with Crippen molar-refractivity contribution in [1.82, 2.24) is 10.2 Å². The van der Waals surface area contributed by atoms with Crippen molar-refractivity contribution in [3.63, 3.8) is 0 Å². The van der Waals surface area contributed by atoms with Crippen LogP contribution in [0.3, 0.4) is 0 Å². The minimum absolute atomic E-state index is 0.254. The number of hydrogen-bond acceptors (Lipinski definition) is 5. The Hall–Kier alpha value is -2.42. The van der Waals surface area contributed by atoms with E-state index in [9.17, 15) is 13.2 Å². The van der Waals surface area contributed by atoms with E-state index in [1.165, 1.54) is 5.56 Å². The number of nitrogens with zero attached hydrogens (tertiary/aromatic N) is 2. The van der Waals surface area contributed by atoms with Gasteiger partial charge in [-0.05, 0) is 35.7 Å². The molecule has 0 aliphatic carbocycles. The number of carbonyl (C=O) groups is 1. The fourth-order valence-electron chi connectivity index (χ4n) is 3.43. The molecule has 7 nitrogen and oxygen atoms in total. The summed E-state index contributed by atoms with van der Waals surface area (Å²) in [4.78, 5) is 14.8. The maximum atomic E-state index is 12.5. The van der Waals surface area contributed by atoms with Crippen molar-refractivity contribution in [2.24, 2.45) is 0 Å². The summed E-state index contributed by atoms with van der Waals surface area (Å²) in [7, 11) is -3.58. The first-order chi connectivity index (χ1) is 14.3. The van der Waals surface area contributed by atoms with Crippen LogP contribution in [0.15, 0.2) is 48.5 Å². The highest BCUT2D eigenvalue weighted by atomic mass is 32.2. The topological polar surface area (TPSA) is 79.0 Å². The van der Waals surface area contributed by atoms with E-state index in [2.05, 4.69) is 22.3 Å². The van der Waals surface area contributed by atoms with Crippen LogP contribution in [0, 0.1) is 6.92 Å². The van der Waals surface area contributed by atoms with E-state index in [0.717, 1.165) is 54.5 Å². The van der Waals surface area contributed by atoms with Gasteiger partial charge in [0.1, 0.15) is 6.54 Å². The van der Waals surface area contributed by atoms with Crippen molar-refractivity contribution in [1.29, 1.82) is 0 Å². The molecular formula is C22H29N3O4S. The summed E-state index contributed by atoms with van der Waals surface area (Å²) in [6.07, 6.45) is 1.11. The third kappa shape index (κ3) is 6.55. The molecule has 0 aromatic heterocycles. The smallest absolute Gasteiger partial charge is 0.241 e. The van der Waals surface area contributed by atoms with E-state index in [4.69, 9.17) is 4.74 Å². The molecule has 0 unspecified atom stereocenters. The molecule has 1 amide bonds. The molecule has 1 aliphatic heterocycles. The van der Waals surface area contributed by atoms with Gasteiger partial charge in [-0.3, -0.25) is 14.0 Å². The van der Waals surface area contributed by atoms with Gasteiger partial charge in [0.15, 0.2) is 0 Å². The Labute approximate surface area is 178 Å². The number of nitrogens with one attached hydrogen (secondary N) is 1. The predicted octanol–water partition coefficient (Wildman–Crippen LogP) is 1.91. The van der Waals surface area contributed by atoms with E-state index in [-0.39, 0.29) is 12.5 Å². The largest absolute Gasteiger partial charge is 0.379 e. The van der Waals surface area contributed by atoms with Gasteiger partial charge in [-0.1, -0.05) is 36.4 Å². The van der Waals surface area contributed by atoms with E-state index in [0.29, 0.717) is 12.2 Å². The van der Waals surface area contributed by atoms with Crippen LogP contribution < -0.4 is 9.62 Å². The van der Waals surface area contributed by atoms with Crippen molar-refractivity contribution in [2.45, 2.75) is 20.0 Å². The standard InChI is InChI=1S/C22H29N3O4S/c1-18-5-3-8-21(13-18)25(30(2,27)28)17-22(26)23-15-19-6-4-7-20(14-19)16-24-9-11-29-12-10-24/h3-8,13-14H,9-12,15-17H2,1-2H3,(H,23,26). The van der Waals surface area contributed by atoms with Gasteiger partial charge in [-0.25, -0.2) is 8.42 Å². The average molecular weight is 432 g/mol. The molecule has 2 aromatic rings. The predicted molar refractivity (Wildman–Crippen MR) is 118 cm³/mol. The van der Waals surface area contributed by atoms with Crippen LogP contribution in [0.5, 0.6) is 0 Å². The molecule has 1 aliphatic rings. The monoisotopic (exact) mass is 431 g/mol. The average Bonchev–Trinajstić information content (AvgIpc) is 2.71. The number of carbonyl (C=O) groups excluding carboxylic acids is 1. The first kappa shape index (κ1) is 22.3. The second kappa shape index (κ2) is 10.1. The lowest BCUT2D eigenvalue weighted by Crippen LogP contribution is -2.40. The SMILES string of the molecule is Cc1cccc(N(CC(=O)NCc2cccc(CN3CCOCC3)c2)S(C)(=O)=O)c1. The number of anilines is 1. The Kier molecular flexibility index (Phi) is 7.47. The fourth-order valence-corrected chi connectivity index (χ4v) is 4.27. The van der Waals surface area contributed by atoms with E-state index in [1.54, 1.807) is 18.2 Å². The maximum absolute atomic E-state index is 12.5. The summed E-state index contributed by atoms with van der Waals surface area (Å²) in [5.41, 5.74) is 3.58. The molecule has 8 heteroatoms. The van der Waals surface area contributed by atoms with Crippen molar-refractivity contribution < 1.29 is 17.9 Å². The molecule has 3 rings (SSSR count). The molecule has 0 bridgehead atoms. The Balaban J connectivity index is 1.59. The Morgan fingerprint density at radius 2 is 1.80 bits per heavy atom. The molecule has 1 saturated heterocycles. The van der Waals surface area contributed by atoms with Gasteiger partial charge >= 0.3 is 0 Å². The third-order valence-corrected chi connectivity index (χ3v) is 6.11. The van der Waals surface area contributed by atoms with Crippen LogP contribution >= 0.6 is 0 Å². The van der Waals surface area contributed by atoms with E-state index >= 15 is 0 Å². The molecule has 1 fully saturated rings. The molecule has 30 heavy (non-hydrogen) atoms. The van der Waals surface area contributed by atoms with Gasteiger partial charge in [0.2, 0.25) is 15.9 Å². The number of hydrogen-bond donors (Lipinski definition) is 1. The lowest BCUT2D eigenvalue weighted by Gasteiger charge is -2.26. The summed E-state index contributed by atoms with van der Waals surface area (Å²) in [5, 5.41) is 2.84. The minimum atomic E-state index is -3.58. The number of aryl methyl sites for hydroxylation is 1. The zero-order valence-corrected chi connectivity index (χ0v) is 18.3. The van der Waals surface area contributed by atoms with Crippen molar-refractivity contribution in [3.8, 4) is 0 Å². The van der Waals surface area contributed by atoms with Crippen LogP contribution in [0.1, 0.15) is 16.7 Å². The Morgan fingerprint density at radius 1 is 1.10 bits per heavy atom. The maximum Gasteiger partial charge on any atom is 0.241 e. The first-order valence-electron chi connectivity index (χ1n) is 10.0. The molecule has 1 N–H and O–H groups in total. The number of rotatable bonds is 8. The second-order valence-corrected chi connectivity index (χ2v) is 9.50. The highest BCUT2D eigenvalue weighted by Gasteiger charge is 2.20. The van der Waals surface area contributed by atoms with Crippen LogP contribution in [-0.4, -0.2) is 58.3 Å². The minimum Gasteiger partial charge on any atom is -0.379 e. The molecule has 2 aromatic carbocycles. The zero-order valence-electron chi connectivity index (χ0n) is 17.5. The van der Waals surface area contributed by atoms with Crippen LogP contribution in [0.25, 0.3) is 0 Å². The van der Waals surface area contributed by atoms with Gasteiger partial charge in [0.25, 0.3) is 0 Å². The highest BCUT2D eigenvalue weighted by Crippen LogP contribution is 2.18. The quantitative estimate of drug-likeness (QED) is 0.691. The van der Waals surface area contributed by atoms with Crippen LogP contribution in [-0.2, 0) is 32.6 Å². The van der Waals surface area contributed by atoms with E-state index in [1.807, 2.05) is 25.1 Å². The fraction of sp³-hybridized carbons (Fsp3) is 0.409. The number of amides is 1. The summed E-state index contributed by atoms with van der Waals surface area (Å²) in [6, 6.07) is 15.2. The van der Waals surface area contributed by atoms with Gasteiger partial charge < -0.3 is 10.1 Å². The zero-order chi connectivity index (χ0) is 21.6. The summed E-state index contributed by atoms with van der Waals surface area (Å²) < 4.78 is 31.0. The van der Waals surface area contributed by atoms with Crippen molar-refractivity contribution in [2.75, 3.05) is 43.4 Å². The molecule has 0 saturated carbocycles. The van der Waals surface area contributed by atoms with Gasteiger partial charge in [-0.15, -0.1) is 0 Å². The van der Waals surface area contributed by atoms with Crippen molar-refractivity contribution in [3.05, 3.63) is 65.2 Å². The molecule has 0 radical (unpaired) electrons. The summed E-state index contributed by atoms with van der Waals surface area (Å²) >= 11 is 0. The van der Waals surface area contributed by atoms with Gasteiger partial charge in [0.05, 0.1) is 25.2 Å². The third-order valence-electron chi connectivity index (χ3n) is 4.97. The summed E-state index contributed by atoms with van der Waals surface area (Å²) in [5.74, 6) is -0.347. The second-order valence-electron chi connectivity index (χ2n) is 7.59. The molecular weight excluding hydrogens is 402 g/mol. The Morgan fingerprint density at radius 3 is 2.50 bits per heavy atom. The molecule has 0 atom stereocenters. The number of benzene rings is 2. The van der Waals surface area contributed by atoms with Crippen LogP contribution in [0.2, 0.25) is 0 Å². The number of sulfonamides is 1. The van der Waals surface area contributed by atoms with Crippen molar-refractivity contribution >= 4 is 21.6 Å². The Bertz CT molecular complexity index is 972. The number of morpholine rings is 1. The lowest BCUT2D eigenvalue weighted by molar-refractivity contribution is -0.119. The van der Waals surface area contributed by atoms with Gasteiger partial charge in [-0.2, -0.15) is 0 Å². The van der Waals surface area contributed by atoms with E-state index < -0.39 is 10.0 Å².